The minimum absolute atomic E-state index is 0.0228. The van der Waals surface area contributed by atoms with Gasteiger partial charge in [0.05, 0.1) is 12.4 Å². The Morgan fingerprint density at radius 1 is 1.50 bits per heavy atom. The van der Waals surface area contributed by atoms with E-state index in [9.17, 15) is 8.42 Å². The van der Waals surface area contributed by atoms with Crippen molar-refractivity contribution in [3.63, 3.8) is 0 Å². The van der Waals surface area contributed by atoms with Crippen LogP contribution in [0.25, 0.3) is 0 Å². The molecule has 0 heterocycles. The van der Waals surface area contributed by atoms with E-state index in [2.05, 4.69) is 9.46 Å². The Bertz CT molecular complexity index is 271. The van der Waals surface area contributed by atoms with E-state index in [-0.39, 0.29) is 24.4 Å². The molecule has 0 aromatic heterocycles. The van der Waals surface area contributed by atoms with Crippen molar-refractivity contribution in [1.82, 2.24) is 4.72 Å². The third kappa shape index (κ3) is 3.53. The van der Waals surface area contributed by atoms with Gasteiger partial charge in [0.25, 0.3) is 0 Å². The number of hydrogen-bond donors (Lipinski definition) is 2. The molecule has 1 saturated carbocycles. The van der Waals surface area contributed by atoms with Crippen LogP contribution in [0.4, 0.5) is 0 Å². The van der Waals surface area contributed by atoms with Gasteiger partial charge in [0.1, 0.15) is 0 Å². The molecule has 0 bridgehead atoms. The van der Waals surface area contributed by atoms with Crippen molar-refractivity contribution in [1.29, 1.82) is 0 Å². The van der Waals surface area contributed by atoms with Gasteiger partial charge in [-0.05, 0) is 12.8 Å². The zero-order valence-electron chi connectivity index (χ0n) is 8.32. The molecule has 1 fully saturated rings. The predicted molar refractivity (Wildman–Crippen MR) is 52.4 cm³/mol. The maximum atomic E-state index is 11.3. The van der Waals surface area contributed by atoms with Gasteiger partial charge in [-0.1, -0.05) is 0 Å². The van der Waals surface area contributed by atoms with Crippen molar-refractivity contribution in [2.45, 2.75) is 12.8 Å². The standard InChI is InChI=1S/C8H17NO4S/c1-13-4-5-14(11,12)9-6-8(7-10)2-3-8/h9-10H,2-7H2,1H3. The molecule has 0 aliphatic heterocycles. The van der Waals surface area contributed by atoms with E-state index in [0.29, 0.717) is 6.54 Å². The predicted octanol–water partition coefficient (Wildman–Crippen LogP) is -0.675. The monoisotopic (exact) mass is 223 g/mol. The number of sulfonamides is 1. The molecule has 0 saturated heterocycles. The highest BCUT2D eigenvalue weighted by Crippen LogP contribution is 2.44. The molecule has 5 nitrogen and oxygen atoms in total. The quantitative estimate of drug-likeness (QED) is 0.600. The summed E-state index contributed by atoms with van der Waals surface area (Å²) in [5.41, 5.74) is -0.180. The lowest BCUT2D eigenvalue weighted by molar-refractivity contribution is 0.211. The van der Waals surface area contributed by atoms with Crippen LogP contribution in [0.1, 0.15) is 12.8 Å². The summed E-state index contributed by atoms with van der Waals surface area (Å²) in [7, 11) is -1.77. The molecule has 1 aliphatic carbocycles. The third-order valence-corrected chi connectivity index (χ3v) is 3.80. The van der Waals surface area contributed by atoms with Crippen molar-refractivity contribution >= 4 is 10.0 Å². The van der Waals surface area contributed by atoms with E-state index in [0.717, 1.165) is 12.8 Å². The second-order valence-corrected chi connectivity index (χ2v) is 5.72. The van der Waals surface area contributed by atoms with E-state index >= 15 is 0 Å². The van der Waals surface area contributed by atoms with E-state index in [4.69, 9.17) is 5.11 Å². The number of rotatable bonds is 7. The summed E-state index contributed by atoms with van der Waals surface area (Å²) in [6, 6.07) is 0. The summed E-state index contributed by atoms with van der Waals surface area (Å²) in [5, 5.41) is 8.97. The molecule has 0 unspecified atom stereocenters. The topological polar surface area (TPSA) is 75.6 Å². The van der Waals surface area contributed by atoms with Crippen LogP contribution >= 0.6 is 0 Å². The summed E-state index contributed by atoms with van der Waals surface area (Å²) in [4.78, 5) is 0. The summed E-state index contributed by atoms with van der Waals surface area (Å²) < 4.78 is 29.8. The SMILES string of the molecule is COCCS(=O)(=O)NCC1(CO)CC1. The van der Waals surface area contributed by atoms with Crippen LogP contribution < -0.4 is 4.72 Å². The average molecular weight is 223 g/mol. The van der Waals surface area contributed by atoms with Crippen molar-refractivity contribution in [3.05, 3.63) is 0 Å². The molecule has 84 valence electrons. The van der Waals surface area contributed by atoms with Gasteiger partial charge in [0.2, 0.25) is 10.0 Å². The normalized spacial score (nSPS) is 19.6. The number of aliphatic hydroxyl groups is 1. The van der Waals surface area contributed by atoms with Gasteiger partial charge in [0.15, 0.2) is 0 Å². The van der Waals surface area contributed by atoms with Crippen molar-refractivity contribution in [3.8, 4) is 0 Å². The smallest absolute Gasteiger partial charge is 0.213 e. The number of methoxy groups -OCH3 is 1. The molecule has 0 atom stereocenters. The van der Waals surface area contributed by atoms with Gasteiger partial charge in [-0.15, -0.1) is 0 Å². The average Bonchev–Trinajstić information content (AvgIpc) is 2.93. The third-order valence-electron chi connectivity index (χ3n) is 2.52. The number of ether oxygens (including phenoxy) is 1. The zero-order chi connectivity index (χ0) is 10.7. The van der Waals surface area contributed by atoms with Crippen LogP contribution in [0, 0.1) is 5.41 Å². The van der Waals surface area contributed by atoms with Crippen LogP contribution in [0.15, 0.2) is 0 Å². The molecular formula is C8H17NO4S. The highest BCUT2D eigenvalue weighted by atomic mass is 32.2. The molecule has 1 rings (SSSR count). The minimum Gasteiger partial charge on any atom is -0.396 e. The summed E-state index contributed by atoms with van der Waals surface area (Å²) in [6.07, 6.45) is 1.80. The highest BCUT2D eigenvalue weighted by Gasteiger charge is 2.42. The van der Waals surface area contributed by atoms with Crippen LogP contribution in [0.3, 0.4) is 0 Å². The van der Waals surface area contributed by atoms with Crippen molar-refractivity contribution in [2.75, 3.05) is 32.6 Å². The number of nitrogens with one attached hydrogen (secondary N) is 1. The Morgan fingerprint density at radius 3 is 2.57 bits per heavy atom. The van der Waals surface area contributed by atoms with E-state index in [1.807, 2.05) is 0 Å². The molecular weight excluding hydrogens is 206 g/mol. The molecule has 0 amide bonds. The van der Waals surface area contributed by atoms with Gasteiger partial charge in [-0.25, -0.2) is 13.1 Å². The van der Waals surface area contributed by atoms with Gasteiger partial charge in [-0.2, -0.15) is 0 Å². The van der Waals surface area contributed by atoms with E-state index in [1.165, 1.54) is 7.11 Å². The van der Waals surface area contributed by atoms with Crippen molar-refractivity contribution < 1.29 is 18.3 Å². The van der Waals surface area contributed by atoms with Gasteiger partial charge < -0.3 is 9.84 Å². The Balaban J connectivity index is 2.29. The first-order valence-corrected chi connectivity index (χ1v) is 6.26. The zero-order valence-corrected chi connectivity index (χ0v) is 9.14. The van der Waals surface area contributed by atoms with Crippen LogP contribution in [0.2, 0.25) is 0 Å². The second kappa shape index (κ2) is 4.57. The molecule has 0 spiro atoms. The first kappa shape index (κ1) is 11.9. The highest BCUT2D eigenvalue weighted by molar-refractivity contribution is 7.89. The molecule has 6 heteroatoms. The van der Waals surface area contributed by atoms with Crippen molar-refractivity contribution in [2.24, 2.45) is 5.41 Å². The van der Waals surface area contributed by atoms with Crippen LogP contribution in [0.5, 0.6) is 0 Å². The molecule has 0 radical (unpaired) electrons. The summed E-state index contributed by atoms with van der Waals surface area (Å²) in [5.74, 6) is -0.0228. The van der Waals surface area contributed by atoms with Gasteiger partial charge in [0, 0.05) is 25.7 Å². The summed E-state index contributed by atoms with van der Waals surface area (Å²) >= 11 is 0. The van der Waals surface area contributed by atoms with Gasteiger partial charge in [-0.3, -0.25) is 0 Å². The lowest BCUT2D eigenvalue weighted by Crippen LogP contribution is -2.34. The molecule has 0 aromatic rings. The first-order valence-electron chi connectivity index (χ1n) is 4.61. The maximum Gasteiger partial charge on any atom is 0.213 e. The summed E-state index contributed by atoms with van der Waals surface area (Å²) in [6.45, 7) is 0.594. The molecule has 1 aliphatic rings. The Morgan fingerprint density at radius 2 is 2.14 bits per heavy atom. The Hall–Kier alpha value is -0.170. The fraction of sp³-hybridized carbons (Fsp3) is 1.00. The first-order chi connectivity index (χ1) is 6.54. The van der Waals surface area contributed by atoms with Crippen LogP contribution in [-0.4, -0.2) is 46.1 Å². The Labute approximate surface area is 84.5 Å². The lowest BCUT2D eigenvalue weighted by Gasteiger charge is -2.12. The molecule has 14 heavy (non-hydrogen) atoms. The molecule has 2 N–H and O–H groups in total. The van der Waals surface area contributed by atoms with Crippen LogP contribution in [-0.2, 0) is 14.8 Å². The Kier molecular flexibility index (Phi) is 3.88. The number of aliphatic hydroxyl groups excluding tert-OH is 1. The largest absolute Gasteiger partial charge is 0.396 e. The van der Waals surface area contributed by atoms with E-state index in [1.54, 1.807) is 0 Å². The fourth-order valence-electron chi connectivity index (χ4n) is 1.10. The van der Waals surface area contributed by atoms with Gasteiger partial charge >= 0.3 is 0 Å². The fourth-order valence-corrected chi connectivity index (χ4v) is 2.15. The lowest BCUT2D eigenvalue weighted by atomic mass is 10.1. The maximum absolute atomic E-state index is 11.3. The molecule has 0 aromatic carbocycles. The second-order valence-electron chi connectivity index (χ2n) is 3.79. The van der Waals surface area contributed by atoms with E-state index < -0.39 is 10.0 Å². The number of hydrogen-bond acceptors (Lipinski definition) is 4. The minimum atomic E-state index is -3.23.